The minimum atomic E-state index is -0.417. The summed E-state index contributed by atoms with van der Waals surface area (Å²) >= 11 is 0. The molecule has 0 aliphatic carbocycles. The van der Waals surface area contributed by atoms with Crippen LogP contribution in [0.1, 0.15) is 18.9 Å². The molecule has 0 saturated heterocycles. The van der Waals surface area contributed by atoms with Crippen LogP contribution in [0.2, 0.25) is 0 Å². The van der Waals surface area contributed by atoms with Crippen LogP contribution in [0.3, 0.4) is 0 Å². The Hall–Kier alpha value is -0.995. The van der Waals surface area contributed by atoms with Crippen molar-refractivity contribution in [1.82, 2.24) is 5.32 Å². The fourth-order valence-corrected chi connectivity index (χ4v) is 1.70. The zero-order valence-electron chi connectivity index (χ0n) is 9.60. The van der Waals surface area contributed by atoms with Gasteiger partial charge in [-0.25, -0.2) is 0 Å². The fourth-order valence-electron chi connectivity index (χ4n) is 1.70. The Kier molecular flexibility index (Phi) is 5.97. The van der Waals surface area contributed by atoms with Gasteiger partial charge in [0.2, 0.25) is 0 Å². The van der Waals surface area contributed by atoms with Gasteiger partial charge in [-0.1, -0.05) is 0 Å². The molecule has 86 valence electrons. The minimum absolute atomic E-state index is 0.0578. The molecule has 16 heavy (non-hydrogen) atoms. The number of hydrogen-bond acceptors (Lipinski definition) is 3. The molecule has 0 aromatic heterocycles. The average molecular weight is 219 g/mol. The predicted octanol–water partition coefficient (Wildman–Crippen LogP) is 0.965. The van der Waals surface area contributed by atoms with E-state index in [1.54, 1.807) is 0 Å². The van der Waals surface area contributed by atoms with Crippen molar-refractivity contribution in [1.29, 1.82) is 0 Å². The molecule has 0 amide bonds. The first-order valence-corrected chi connectivity index (χ1v) is 5.67. The first kappa shape index (κ1) is 13.1. The summed E-state index contributed by atoms with van der Waals surface area (Å²) in [6.07, 6.45) is 1.29. The second-order valence-corrected chi connectivity index (χ2v) is 3.85. The van der Waals surface area contributed by atoms with Crippen molar-refractivity contribution in [2.24, 2.45) is 0 Å². The molecule has 4 heteroatoms. The molecule has 0 bridgehead atoms. The van der Waals surface area contributed by atoms with Gasteiger partial charge >= 0.3 is 96.5 Å². The third-order valence-corrected chi connectivity index (χ3v) is 2.64. The summed E-state index contributed by atoms with van der Waals surface area (Å²) in [6.45, 7) is 1.94. The molecular weight excluding hydrogens is 201 g/mol. The fraction of sp³-hybridized carbons (Fsp3) is 0.500. The summed E-state index contributed by atoms with van der Waals surface area (Å²) in [4.78, 5) is 0. The van der Waals surface area contributed by atoms with Crippen molar-refractivity contribution in [2.75, 3.05) is 6.44 Å². The Labute approximate surface area is 97.1 Å². The van der Waals surface area contributed by atoms with Crippen molar-refractivity contribution >= 4 is 7.15 Å². The zero-order valence-corrected chi connectivity index (χ0v) is 9.60. The molecule has 0 radical (unpaired) electrons. The molecule has 1 unspecified atom stereocenters. The summed E-state index contributed by atoms with van der Waals surface area (Å²) in [7, 11) is 0.820. The Morgan fingerprint density at radius 2 is 2.06 bits per heavy atom. The first-order valence-electron chi connectivity index (χ1n) is 5.67. The molecule has 2 N–H and O–H groups in total. The van der Waals surface area contributed by atoms with Crippen LogP contribution in [0.15, 0.2) is 30.3 Å². The summed E-state index contributed by atoms with van der Waals surface area (Å²) in [6, 6.07) is 9.91. The van der Waals surface area contributed by atoms with Crippen LogP contribution >= 0.6 is 0 Å². The molecule has 0 aliphatic heterocycles. The number of nitrogens with one attached hydrogen (secondary N) is 1. The van der Waals surface area contributed by atoms with Gasteiger partial charge in [0, 0.05) is 0 Å². The zero-order chi connectivity index (χ0) is 11.8. The Morgan fingerprint density at radius 3 is 2.62 bits per heavy atom. The van der Waals surface area contributed by atoms with Gasteiger partial charge in [0.1, 0.15) is 0 Å². The van der Waals surface area contributed by atoms with E-state index in [0.717, 1.165) is 13.6 Å². The summed E-state index contributed by atoms with van der Waals surface area (Å²) in [5.74, 6) is 0. The van der Waals surface area contributed by atoms with Crippen molar-refractivity contribution < 1.29 is 9.81 Å². The maximum atomic E-state index is 10.3. The first-order chi connectivity index (χ1) is 7.77. The second-order valence-electron chi connectivity index (χ2n) is 3.85. The van der Waals surface area contributed by atoms with Gasteiger partial charge in [0.05, 0.1) is 0 Å². The Balaban J connectivity index is 2.59. The van der Waals surface area contributed by atoms with Crippen LogP contribution in [0.4, 0.5) is 0 Å². The van der Waals surface area contributed by atoms with Gasteiger partial charge in [-0.2, -0.15) is 0 Å². The van der Waals surface area contributed by atoms with E-state index in [-0.39, 0.29) is 12.5 Å². The van der Waals surface area contributed by atoms with E-state index < -0.39 is 6.10 Å². The van der Waals surface area contributed by atoms with Crippen molar-refractivity contribution in [3.05, 3.63) is 35.9 Å². The van der Waals surface area contributed by atoms with E-state index in [1.165, 1.54) is 5.56 Å². The van der Waals surface area contributed by atoms with Gasteiger partial charge in [-0.15, -0.1) is 0 Å². The SMILES string of the molecule is CCC(O)[C@H](Cc1ccccc1)NCB=O. The molecule has 1 aromatic carbocycles. The van der Waals surface area contributed by atoms with Crippen molar-refractivity contribution in [3.8, 4) is 0 Å². The van der Waals surface area contributed by atoms with E-state index in [0.29, 0.717) is 6.42 Å². The monoisotopic (exact) mass is 219 g/mol. The molecule has 0 spiro atoms. The topological polar surface area (TPSA) is 49.3 Å². The Morgan fingerprint density at radius 1 is 1.38 bits per heavy atom. The summed E-state index contributed by atoms with van der Waals surface area (Å²) < 4.78 is 10.3. The van der Waals surface area contributed by atoms with E-state index >= 15 is 0 Å². The molecule has 3 nitrogen and oxygen atoms in total. The van der Waals surface area contributed by atoms with Gasteiger partial charge in [0.25, 0.3) is 0 Å². The second kappa shape index (κ2) is 7.31. The van der Waals surface area contributed by atoms with Gasteiger partial charge in [0.15, 0.2) is 0 Å². The third kappa shape index (κ3) is 4.25. The van der Waals surface area contributed by atoms with Crippen molar-refractivity contribution in [2.45, 2.75) is 31.9 Å². The number of benzene rings is 1. The molecule has 1 aromatic rings. The van der Waals surface area contributed by atoms with Gasteiger partial charge in [-0.3, -0.25) is 0 Å². The normalized spacial score (nSPS) is 14.1. The molecule has 0 saturated carbocycles. The van der Waals surface area contributed by atoms with E-state index in [1.807, 2.05) is 37.3 Å². The average Bonchev–Trinajstić information content (AvgIpc) is 2.34. The van der Waals surface area contributed by atoms with Crippen LogP contribution in [0, 0.1) is 0 Å². The predicted molar refractivity (Wildman–Crippen MR) is 64.7 cm³/mol. The van der Waals surface area contributed by atoms with Crippen LogP contribution in [-0.2, 0) is 11.1 Å². The molecular formula is C12H18BNO2. The van der Waals surface area contributed by atoms with E-state index in [9.17, 15) is 9.81 Å². The van der Waals surface area contributed by atoms with Gasteiger partial charge in [-0.05, 0) is 0 Å². The Bertz CT molecular complexity index is 305. The standard InChI is InChI=1S/C12H18BNO2/c1-2-12(15)11(14-9-13-16)8-10-6-4-3-5-7-10/h3-7,11-12,14-15H,2,8-9H2,1H3/t11-,12?/m0/s1. The summed E-state index contributed by atoms with van der Waals surface area (Å²) in [5.41, 5.74) is 1.17. The molecule has 2 atom stereocenters. The van der Waals surface area contributed by atoms with Crippen LogP contribution in [-0.4, -0.2) is 30.8 Å². The van der Waals surface area contributed by atoms with Crippen LogP contribution < -0.4 is 5.32 Å². The van der Waals surface area contributed by atoms with Gasteiger partial charge < -0.3 is 0 Å². The third-order valence-electron chi connectivity index (χ3n) is 2.64. The number of aliphatic hydroxyl groups excluding tert-OH is 1. The molecule has 1 rings (SSSR count). The van der Waals surface area contributed by atoms with Crippen LogP contribution in [0.5, 0.6) is 0 Å². The summed E-state index contributed by atoms with van der Waals surface area (Å²) in [5, 5.41) is 12.9. The van der Waals surface area contributed by atoms with E-state index in [2.05, 4.69) is 5.32 Å². The van der Waals surface area contributed by atoms with E-state index in [4.69, 9.17) is 0 Å². The maximum absolute atomic E-state index is 10.3. The quantitative estimate of drug-likeness (QED) is 0.671. The van der Waals surface area contributed by atoms with Crippen LogP contribution in [0.25, 0.3) is 0 Å². The molecule has 0 heterocycles. The van der Waals surface area contributed by atoms with Crippen molar-refractivity contribution in [3.63, 3.8) is 0 Å². The molecule has 0 aliphatic rings. The number of aliphatic hydroxyl groups is 1. The number of rotatable bonds is 7. The molecule has 0 fully saturated rings. The number of hydrogen-bond donors (Lipinski definition) is 2.